The van der Waals surface area contributed by atoms with E-state index < -0.39 is 17.3 Å². The number of rotatable bonds is 4. The van der Waals surface area contributed by atoms with Crippen LogP contribution in [0.15, 0.2) is 18.3 Å². The van der Waals surface area contributed by atoms with Crippen molar-refractivity contribution in [1.82, 2.24) is 4.98 Å². The van der Waals surface area contributed by atoms with Gasteiger partial charge in [0.15, 0.2) is 0 Å². The molecule has 0 spiro atoms. The smallest absolute Gasteiger partial charge is 0.394 e. The number of nitrogens with zero attached hydrogens (tertiary/aromatic N) is 1. The summed E-state index contributed by atoms with van der Waals surface area (Å²) in [5.41, 5.74) is -1.64. The molecule has 0 aromatic carbocycles. The van der Waals surface area contributed by atoms with Crippen LogP contribution in [-0.2, 0) is 6.18 Å². The van der Waals surface area contributed by atoms with E-state index in [2.05, 4.69) is 10.3 Å². The molecule has 0 aliphatic heterocycles. The number of halogens is 3. The fourth-order valence-electron chi connectivity index (χ4n) is 1.26. The average molecular weight is 248 g/mol. The van der Waals surface area contributed by atoms with Gasteiger partial charge in [-0.2, -0.15) is 13.2 Å². The summed E-state index contributed by atoms with van der Waals surface area (Å²) in [5.74, 6) is -0.251. The maximum atomic E-state index is 12.7. The molecule has 1 aromatic rings. The molecule has 6 heteroatoms. The van der Waals surface area contributed by atoms with Gasteiger partial charge in [0, 0.05) is 6.20 Å². The van der Waals surface area contributed by atoms with Crippen molar-refractivity contribution in [3.05, 3.63) is 23.9 Å². The Morgan fingerprint density at radius 2 is 2.06 bits per heavy atom. The minimum Gasteiger partial charge on any atom is -0.394 e. The number of pyridine rings is 1. The molecule has 1 heterocycles. The lowest BCUT2D eigenvalue weighted by molar-refractivity contribution is -0.137. The molecule has 0 aliphatic carbocycles. The highest BCUT2D eigenvalue weighted by atomic mass is 19.4. The fourth-order valence-corrected chi connectivity index (χ4v) is 1.26. The van der Waals surface area contributed by atoms with Gasteiger partial charge < -0.3 is 10.4 Å². The Morgan fingerprint density at radius 3 is 2.53 bits per heavy atom. The Balaban J connectivity index is 3.07. The van der Waals surface area contributed by atoms with Crippen molar-refractivity contribution in [2.45, 2.75) is 32.0 Å². The van der Waals surface area contributed by atoms with Gasteiger partial charge >= 0.3 is 6.18 Å². The zero-order chi connectivity index (χ0) is 13.1. The van der Waals surface area contributed by atoms with Crippen LogP contribution < -0.4 is 5.32 Å². The Hall–Kier alpha value is -1.30. The number of nitrogens with one attached hydrogen (secondary N) is 1. The van der Waals surface area contributed by atoms with Gasteiger partial charge in [-0.1, -0.05) is 6.92 Å². The first-order valence-electron chi connectivity index (χ1n) is 5.23. The number of anilines is 1. The van der Waals surface area contributed by atoms with Gasteiger partial charge in [-0.05, 0) is 25.5 Å². The van der Waals surface area contributed by atoms with E-state index in [-0.39, 0.29) is 12.4 Å². The quantitative estimate of drug-likeness (QED) is 0.861. The second kappa shape index (κ2) is 4.91. The molecule has 0 bridgehead atoms. The molecular weight excluding hydrogens is 233 g/mol. The van der Waals surface area contributed by atoms with E-state index in [1.165, 1.54) is 12.3 Å². The molecule has 1 unspecified atom stereocenters. The monoisotopic (exact) mass is 248 g/mol. The van der Waals surface area contributed by atoms with Crippen LogP contribution in [0.2, 0.25) is 0 Å². The Bertz CT molecular complexity index is 375. The van der Waals surface area contributed by atoms with Crippen LogP contribution in [0.25, 0.3) is 0 Å². The third-order valence-electron chi connectivity index (χ3n) is 2.66. The molecule has 1 aromatic heterocycles. The van der Waals surface area contributed by atoms with E-state index in [9.17, 15) is 13.2 Å². The zero-order valence-corrected chi connectivity index (χ0v) is 9.67. The van der Waals surface area contributed by atoms with Crippen molar-refractivity contribution in [3.63, 3.8) is 0 Å². The van der Waals surface area contributed by atoms with Crippen LogP contribution in [-0.4, -0.2) is 22.2 Å². The number of hydrogen-bond donors (Lipinski definition) is 2. The minimum atomic E-state index is -4.46. The predicted octanol–water partition coefficient (Wildman–Crippen LogP) is 2.67. The zero-order valence-electron chi connectivity index (χ0n) is 9.67. The molecular formula is C11H15F3N2O. The normalized spacial score (nSPS) is 15.4. The Labute approximate surface area is 97.7 Å². The highest BCUT2D eigenvalue weighted by molar-refractivity contribution is 5.47. The third kappa shape index (κ3) is 3.33. The molecule has 0 saturated heterocycles. The summed E-state index contributed by atoms with van der Waals surface area (Å²) in [6, 6.07) is 2.19. The molecule has 0 aliphatic rings. The summed E-state index contributed by atoms with van der Waals surface area (Å²) in [5, 5.41) is 11.8. The topological polar surface area (TPSA) is 45.1 Å². The van der Waals surface area contributed by atoms with Gasteiger partial charge in [-0.15, -0.1) is 0 Å². The first-order chi connectivity index (χ1) is 7.82. The lowest BCUT2D eigenvalue weighted by Crippen LogP contribution is -2.39. The van der Waals surface area contributed by atoms with Gasteiger partial charge in [-0.3, -0.25) is 0 Å². The second-order valence-electron chi connectivity index (χ2n) is 4.09. The molecule has 0 fully saturated rings. The van der Waals surface area contributed by atoms with Crippen molar-refractivity contribution in [1.29, 1.82) is 0 Å². The van der Waals surface area contributed by atoms with Crippen molar-refractivity contribution in [2.24, 2.45) is 0 Å². The van der Waals surface area contributed by atoms with Crippen LogP contribution in [0.5, 0.6) is 0 Å². The molecule has 3 nitrogen and oxygen atoms in total. The number of aromatic nitrogens is 1. The maximum Gasteiger partial charge on any atom is 0.419 e. The first kappa shape index (κ1) is 13.8. The fraction of sp³-hybridized carbons (Fsp3) is 0.545. The molecule has 1 rings (SSSR count). The molecule has 0 amide bonds. The van der Waals surface area contributed by atoms with Crippen LogP contribution in [0.4, 0.5) is 19.0 Å². The summed E-state index contributed by atoms with van der Waals surface area (Å²) in [6.07, 6.45) is -2.69. The van der Waals surface area contributed by atoms with Gasteiger partial charge in [-0.25, -0.2) is 4.98 Å². The predicted molar refractivity (Wildman–Crippen MR) is 58.6 cm³/mol. The van der Waals surface area contributed by atoms with Gasteiger partial charge in [0.05, 0.1) is 17.7 Å². The van der Waals surface area contributed by atoms with Crippen molar-refractivity contribution >= 4 is 5.82 Å². The number of hydrogen-bond acceptors (Lipinski definition) is 3. The number of aliphatic hydroxyl groups is 1. The van der Waals surface area contributed by atoms with E-state index >= 15 is 0 Å². The summed E-state index contributed by atoms with van der Waals surface area (Å²) < 4.78 is 38.1. The van der Waals surface area contributed by atoms with Crippen LogP contribution in [0.3, 0.4) is 0 Å². The molecule has 1 atom stereocenters. The summed E-state index contributed by atoms with van der Waals surface area (Å²) in [4.78, 5) is 3.68. The lowest BCUT2D eigenvalue weighted by Gasteiger charge is -2.29. The SMILES string of the molecule is CCC(C)(CO)Nc1ncccc1C(F)(F)F. The van der Waals surface area contributed by atoms with E-state index in [1.54, 1.807) is 13.8 Å². The highest BCUT2D eigenvalue weighted by Gasteiger charge is 2.35. The minimum absolute atomic E-state index is 0.251. The molecule has 96 valence electrons. The van der Waals surface area contributed by atoms with E-state index in [0.717, 1.165) is 6.07 Å². The standard InChI is InChI=1S/C11H15F3N2O/c1-3-10(2,7-17)16-9-8(11(12,13)14)5-4-6-15-9/h4-6,17H,3,7H2,1-2H3,(H,15,16). The lowest BCUT2D eigenvalue weighted by atomic mass is 10.00. The molecule has 2 N–H and O–H groups in total. The highest BCUT2D eigenvalue weighted by Crippen LogP contribution is 2.34. The summed E-state index contributed by atoms with van der Waals surface area (Å²) in [6.45, 7) is 3.15. The largest absolute Gasteiger partial charge is 0.419 e. The Kier molecular flexibility index (Phi) is 3.98. The van der Waals surface area contributed by atoms with Crippen LogP contribution >= 0.6 is 0 Å². The number of aliphatic hydroxyl groups excluding tert-OH is 1. The first-order valence-corrected chi connectivity index (χ1v) is 5.23. The van der Waals surface area contributed by atoms with Gasteiger partial charge in [0.1, 0.15) is 5.82 Å². The molecule has 0 saturated carbocycles. The van der Waals surface area contributed by atoms with E-state index in [4.69, 9.17) is 5.11 Å². The van der Waals surface area contributed by atoms with Crippen LogP contribution in [0, 0.1) is 0 Å². The van der Waals surface area contributed by atoms with Gasteiger partial charge in [0.2, 0.25) is 0 Å². The van der Waals surface area contributed by atoms with Gasteiger partial charge in [0.25, 0.3) is 0 Å². The Morgan fingerprint density at radius 1 is 1.41 bits per heavy atom. The van der Waals surface area contributed by atoms with Crippen molar-refractivity contribution < 1.29 is 18.3 Å². The second-order valence-corrected chi connectivity index (χ2v) is 4.09. The third-order valence-corrected chi connectivity index (χ3v) is 2.66. The summed E-state index contributed by atoms with van der Waals surface area (Å²) in [7, 11) is 0. The van der Waals surface area contributed by atoms with Crippen LogP contribution in [0.1, 0.15) is 25.8 Å². The van der Waals surface area contributed by atoms with E-state index in [1.807, 2.05) is 0 Å². The summed E-state index contributed by atoms with van der Waals surface area (Å²) >= 11 is 0. The average Bonchev–Trinajstić information content (AvgIpc) is 2.28. The van der Waals surface area contributed by atoms with Crippen molar-refractivity contribution in [2.75, 3.05) is 11.9 Å². The van der Waals surface area contributed by atoms with E-state index in [0.29, 0.717) is 6.42 Å². The molecule has 17 heavy (non-hydrogen) atoms. The molecule has 0 radical (unpaired) electrons. The number of alkyl halides is 3. The maximum absolute atomic E-state index is 12.7. The van der Waals surface area contributed by atoms with Crippen molar-refractivity contribution in [3.8, 4) is 0 Å².